The molecule has 5 heteroatoms. The lowest BCUT2D eigenvalue weighted by atomic mass is 10.1. The summed E-state index contributed by atoms with van der Waals surface area (Å²) in [6, 6.07) is 9.04. The van der Waals surface area contributed by atoms with E-state index < -0.39 is 0 Å². The number of amides is 1. The van der Waals surface area contributed by atoms with Crippen molar-refractivity contribution in [2.24, 2.45) is 5.84 Å². The Kier molecular flexibility index (Phi) is 3.77. The van der Waals surface area contributed by atoms with Gasteiger partial charge in [-0.15, -0.1) is 0 Å². The molecule has 19 heavy (non-hydrogen) atoms. The lowest BCUT2D eigenvalue weighted by Crippen LogP contribution is -2.15. The third kappa shape index (κ3) is 3.08. The fraction of sp³-hybridized carbons (Fsp3) is 0.143. The Hall–Kier alpha value is -2.40. The van der Waals surface area contributed by atoms with Crippen molar-refractivity contribution in [2.45, 2.75) is 13.8 Å². The summed E-state index contributed by atoms with van der Waals surface area (Å²) in [5.74, 6) is 5.03. The molecular formula is C14H16N4O. The minimum Gasteiger partial charge on any atom is -0.324 e. The predicted molar refractivity (Wildman–Crippen MR) is 75.9 cm³/mol. The average molecular weight is 256 g/mol. The number of aromatic nitrogens is 1. The number of hydrogen-bond donors (Lipinski definition) is 3. The van der Waals surface area contributed by atoms with E-state index in [1.807, 2.05) is 32.0 Å². The lowest BCUT2D eigenvalue weighted by molar-refractivity contribution is 0.102. The second-order valence-electron chi connectivity index (χ2n) is 4.33. The molecule has 0 aliphatic rings. The fourth-order valence-corrected chi connectivity index (χ4v) is 1.66. The van der Waals surface area contributed by atoms with Gasteiger partial charge in [-0.1, -0.05) is 6.07 Å². The number of pyridine rings is 1. The topological polar surface area (TPSA) is 80.0 Å². The first-order chi connectivity index (χ1) is 9.10. The Morgan fingerprint density at radius 3 is 2.58 bits per heavy atom. The van der Waals surface area contributed by atoms with E-state index in [9.17, 15) is 4.79 Å². The highest BCUT2D eigenvalue weighted by Gasteiger charge is 2.08. The standard InChI is InChI=1S/C14H16N4O/c1-9-3-4-11(7-10(9)2)17-14(19)13-8-12(18-15)5-6-16-13/h3-8H,15H2,1-2H3,(H,16,18)(H,17,19). The van der Waals surface area contributed by atoms with Gasteiger partial charge in [-0.05, 0) is 49.2 Å². The summed E-state index contributed by atoms with van der Waals surface area (Å²) in [4.78, 5) is 16.1. The number of carbonyl (C=O) groups is 1. The van der Waals surface area contributed by atoms with Gasteiger partial charge >= 0.3 is 0 Å². The summed E-state index contributed by atoms with van der Waals surface area (Å²) >= 11 is 0. The molecular weight excluding hydrogens is 240 g/mol. The average Bonchev–Trinajstić information content (AvgIpc) is 2.43. The quantitative estimate of drug-likeness (QED) is 0.581. The van der Waals surface area contributed by atoms with Crippen LogP contribution in [-0.4, -0.2) is 10.9 Å². The molecule has 2 aromatic rings. The van der Waals surface area contributed by atoms with Gasteiger partial charge in [-0.2, -0.15) is 0 Å². The lowest BCUT2D eigenvalue weighted by Gasteiger charge is -2.08. The highest BCUT2D eigenvalue weighted by atomic mass is 16.1. The summed E-state index contributed by atoms with van der Waals surface area (Å²) in [6.07, 6.45) is 1.53. The molecule has 0 saturated heterocycles. The van der Waals surface area contributed by atoms with Gasteiger partial charge in [-0.25, -0.2) is 0 Å². The molecule has 0 spiro atoms. The van der Waals surface area contributed by atoms with E-state index in [4.69, 9.17) is 5.84 Å². The zero-order chi connectivity index (χ0) is 13.8. The second kappa shape index (κ2) is 5.49. The van der Waals surface area contributed by atoms with Crippen molar-refractivity contribution in [1.82, 2.24) is 4.98 Å². The van der Waals surface area contributed by atoms with Crippen LogP contribution in [0, 0.1) is 13.8 Å². The molecule has 0 aliphatic heterocycles. The molecule has 1 aromatic heterocycles. The SMILES string of the molecule is Cc1ccc(NC(=O)c2cc(NN)ccn2)cc1C. The van der Waals surface area contributed by atoms with Gasteiger partial charge in [0.15, 0.2) is 0 Å². The van der Waals surface area contributed by atoms with E-state index >= 15 is 0 Å². The molecule has 1 aromatic carbocycles. The Morgan fingerprint density at radius 2 is 1.89 bits per heavy atom. The third-order valence-electron chi connectivity index (χ3n) is 2.92. The number of benzene rings is 1. The van der Waals surface area contributed by atoms with Gasteiger partial charge in [0.1, 0.15) is 5.69 Å². The number of nitrogens with one attached hydrogen (secondary N) is 2. The van der Waals surface area contributed by atoms with E-state index in [2.05, 4.69) is 15.7 Å². The van der Waals surface area contributed by atoms with Crippen LogP contribution >= 0.6 is 0 Å². The summed E-state index contributed by atoms with van der Waals surface area (Å²) in [5.41, 5.74) is 6.50. The summed E-state index contributed by atoms with van der Waals surface area (Å²) < 4.78 is 0. The van der Waals surface area contributed by atoms with Crippen molar-refractivity contribution in [2.75, 3.05) is 10.7 Å². The number of aryl methyl sites for hydroxylation is 2. The van der Waals surface area contributed by atoms with Crippen LogP contribution < -0.4 is 16.6 Å². The second-order valence-corrected chi connectivity index (χ2v) is 4.33. The van der Waals surface area contributed by atoms with Crippen molar-refractivity contribution in [3.05, 3.63) is 53.3 Å². The zero-order valence-corrected chi connectivity index (χ0v) is 10.9. The van der Waals surface area contributed by atoms with E-state index in [0.29, 0.717) is 11.4 Å². The molecule has 0 bridgehead atoms. The molecule has 1 heterocycles. The molecule has 0 radical (unpaired) electrons. The Bertz CT molecular complexity index is 610. The maximum Gasteiger partial charge on any atom is 0.274 e. The van der Waals surface area contributed by atoms with Crippen molar-refractivity contribution >= 4 is 17.3 Å². The van der Waals surface area contributed by atoms with Crippen LogP contribution in [0.15, 0.2) is 36.5 Å². The van der Waals surface area contributed by atoms with Crippen molar-refractivity contribution < 1.29 is 4.79 Å². The first kappa shape index (κ1) is 13.0. The summed E-state index contributed by atoms with van der Waals surface area (Å²) in [6.45, 7) is 4.03. The van der Waals surface area contributed by atoms with Crippen LogP contribution in [-0.2, 0) is 0 Å². The molecule has 1 amide bonds. The number of carbonyl (C=O) groups excluding carboxylic acids is 1. The summed E-state index contributed by atoms with van der Waals surface area (Å²) in [7, 11) is 0. The van der Waals surface area contributed by atoms with Crippen molar-refractivity contribution in [3.63, 3.8) is 0 Å². The van der Waals surface area contributed by atoms with Gasteiger partial charge in [0, 0.05) is 11.9 Å². The highest BCUT2D eigenvalue weighted by molar-refractivity contribution is 6.03. The largest absolute Gasteiger partial charge is 0.324 e. The molecule has 5 nitrogen and oxygen atoms in total. The van der Waals surface area contributed by atoms with E-state index in [-0.39, 0.29) is 5.91 Å². The molecule has 0 atom stereocenters. The molecule has 98 valence electrons. The minimum atomic E-state index is -0.264. The molecule has 0 fully saturated rings. The highest BCUT2D eigenvalue weighted by Crippen LogP contribution is 2.15. The fourth-order valence-electron chi connectivity index (χ4n) is 1.66. The maximum absolute atomic E-state index is 12.0. The van der Waals surface area contributed by atoms with Crippen LogP contribution in [0.3, 0.4) is 0 Å². The number of hydrazine groups is 1. The van der Waals surface area contributed by atoms with E-state index in [0.717, 1.165) is 11.3 Å². The molecule has 0 unspecified atom stereocenters. The predicted octanol–water partition coefficient (Wildman–Crippen LogP) is 2.24. The van der Waals surface area contributed by atoms with E-state index in [1.54, 1.807) is 12.1 Å². The number of nitrogen functional groups attached to an aromatic ring is 1. The van der Waals surface area contributed by atoms with Crippen LogP contribution in [0.25, 0.3) is 0 Å². The first-order valence-electron chi connectivity index (χ1n) is 5.91. The van der Waals surface area contributed by atoms with Gasteiger partial charge in [0.2, 0.25) is 0 Å². The van der Waals surface area contributed by atoms with Crippen molar-refractivity contribution in [1.29, 1.82) is 0 Å². The third-order valence-corrected chi connectivity index (χ3v) is 2.92. The number of hydrogen-bond acceptors (Lipinski definition) is 4. The Morgan fingerprint density at radius 1 is 1.11 bits per heavy atom. The number of nitrogens with zero attached hydrogens (tertiary/aromatic N) is 1. The molecule has 2 rings (SSSR count). The first-order valence-corrected chi connectivity index (χ1v) is 5.91. The number of nitrogens with two attached hydrogens (primary N) is 1. The van der Waals surface area contributed by atoms with Crippen LogP contribution in [0.1, 0.15) is 21.6 Å². The monoisotopic (exact) mass is 256 g/mol. The number of rotatable bonds is 3. The van der Waals surface area contributed by atoms with E-state index in [1.165, 1.54) is 11.8 Å². The van der Waals surface area contributed by atoms with Crippen LogP contribution in [0.2, 0.25) is 0 Å². The van der Waals surface area contributed by atoms with Crippen LogP contribution in [0.5, 0.6) is 0 Å². The van der Waals surface area contributed by atoms with Gasteiger partial charge in [0.25, 0.3) is 5.91 Å². The van der Waals surface area contributed by atoms with Gasteiger partial charge in [-0.3, -0.25) is 15.6 Å². The Labute approximate surface area is 111 Å². The van der Waals surface area contributed by atoms with Gasteiger partial charge in [0.05, 0.1) is 5.69 Å². The van der Waals surface area contributed by atoms with Crippen LogP contribution in [0.4, 0.5) is 11.4 Å². The molecule has 4 N–H and O–H groups in total. The molecule has 0 saturated carbocycles. The van der Waals surface area contributed by atoms with Crippen molar-refractivity contribution in [3.8, 4) is 0 Å². The normalized spacial score (nSPS) is 10.1. The van der Waals surface area contributed by atoms with Gasteiger partial charge < -0.3 is 10.7 Å². The summed E-state index contributed by atoms with van der Waals surface area (Å²) in [5, 5.41) is 2.81. The zero-order valence-electron chi connectivity index (χ0n) is 10.9. The Balaban J connectivity index is 2.18. The maximum atomic E-state index is 12.0. The smallest absolute Gasteiger partial charge is 0.274 e. The number of anilines is 2. The minimum absolute atomic E-state index is 0.264. The molecule has 0 aliphatic carbocycles.